The first-order valence-electron chi connectivity index (χ1n) is 6.80. The average molecular weight is 338 g/mol. The van der Waals surface area contributed by atoms with Crippen molar-refractivity contribution in [3.05, 3.63) is 35.4 Å². The number of rotatable bonds is 8. The third-order valence-electron chi connectivity index (χ3n) is 2.81. The molecular weight excluding hydrogens is 320 g/mol. The van der Waals surface area contributed by atoms with Gasteiger partial charge in [-0.15, -0.1) is 0 Å². The van der Waals surface area contributed by atoms with E-state index in [0.29, 0.717) is 6.08 Å². The van der Waals surface area contributed by atoms with Crippen molar-refractivity contribution < 1.29 is 30.8 Å². The summed E-state index contributed by atoms with van der Waals surface area (Å²) in [6.45, 7) is 7.80. The second-order valence-corrected chi connectivity index (χ2v) is 6.58. The second kappa shape index (κ2) is 7.86. The van der Waals surface area contributed by atoms with Gasteiger partial charge < -0.3 is 13.3 Å². The Hall–Kier alpha value is -1.22. The predicted octanol–water partition coefficient (Wildman–Crippen LogP) is 3.14. The Morgan fingerprint density at radius 2 is 1.18 bits per heavy atom. The normalized spacial score (nSPS) is 11.8. The quantitative estimate of drug-likeness (QED) is 0.414. The van der Waals surface area contributed by atoms with E-state index in [2.05, 4.69) is 6.58 Å². The van der Waals surface area contributed by atoms with Crippen molar-refractivity contribution in [1.29, 1.82) is 0 Å². The molecule has 3 nitrogen and oxygen atoms in total. The third-order valence-corrected chi connectivity index (χ3v) is 5.87. The topological polar surface area (TPSA) is 27.7 Å². The molecule has 0 radical (unpaired) electrons. The second-order valence-electron chi connectivity index (χ2n) is 4.10. The van der Waals surface area contributed by atoms with E-state index in [9.17, 15) is 17.6 Å². The molecule has 0 amide bonds. The summed E-state index contributed by atoms with van der Waals surface area (Å²) >= 11 is 0. The van der Waals surface area contributed by atoms with Gasteiger partial charge in [0, 0.05) is 19.8 Å². The Balaban J connectivity index is 3.71. The third kappa shape index (κ3) is 3.24. The Bertz CT molecular complexity index is 505. The van der Waals surface area contributed by atoms with E-state index in [1.54, 1.807) is 20.8 Å². The fraction of sp³-hybridized carbons (Fsp3) is 0.429. The van der Waals surface area contributed by atoms with Gasteiger partial charge in [0.1, 0.15) is 0 Å². The molecule has 8 heteroatoms. The Labute approximate surface area is 127 Å². The maximum atomic E-state index is 14.3. The summed E-state index contributed by atoms with van der Waals surface area (Å²) in [5, 5.41) is -0.960. The summed E-state index contributed by atoms with van der Waals surface area (Å²) in [4.78, 5) is 0. The molecule has 124 valence electrons. The molecule has 0 saturated heterocycles. The van der Waals surface area contributed by atoms with Gasteiger partial charge in [0.15, 0.2) is 23.3 Å². The van der Waals surface area contributed by atoms with Gasteiger partial charge in [-0.25, -0.2) is 17.6 Å². The zero-order valence-corrected chi connectivity index (χ0v) is 13.6. The van der Waals surface area contributed by atoms with Gasteiger partial charge >= 0.3 is 8.80 Å². The summed E-state index contributed by atoms with van der Waals surface area (Å²) in [5.41, 5.74) is -0.883. The summed E-state index contributed by atoms with van der Waals surface area (Å²) in [7, 11) is -4.12. The van der Waals surface area contributed by atoms with E-state index in [1.807, 2.05) is 0 Å². The van der Waals surface area contributed by atoms with Crippen LogP contribution in [-0.4, -0.2) is 28.6 Å². The molecule has 0 aliphatic rings. The molecule has 0 unspecified atom stereocenters. The molecule has 0 fully saturated rings. The molecule has 0 heterocycles. The van der Waals surface area contributed by atoms with Gasteiger partial charge in [-0.2, -0.15) is 0 Å². The zero-order chi connectivity index (χ0) is 16.9. The predicted molar refractivity (Wildman–Crippen MR) is 76.6 cm³/mol. The SMILES string of the molecule is C=Cc1c(F)c(F)c([Si](OCC)(OCC)OCC)c(F)c1F. The Kier molecular flexibility index (Phi) is 6.73. The molecule has 0 spiro atoms. The molecule has 0 N–H and O–H groups in total. The molecule has 1 aromatic rings. The fourth-order valence-electron chi connectivity index (χ4n) is 2.01. The first kappa shape index (κ1) is 18.8. The van der Waals surface area contributed by atoms with Crippen LogP contribution in [0.5, 0.6) is 0 Å². The van der Waals surface area contributed by atoms with Crippen LogP contribution in [0, 0.1) is 23.3 Å². The van der Waals surface area contributed by atoms with Crippen LogP contribution in [0.15, 0.2) is 6.58 Å². The van der Waals surface area contributed by atoms with Crippen LogP contribution in [0.1, 0.15) is 26.3 Å². The van der Waals surface area contributed by atoms with Crippen molar-refractivity contribution in [1.82, 2.24) is 0 Å². The van der Waals surface area contributed by atoms with Crippen molar-refractivity contribution in [2.75, 3.05) is 19.8 Å². The van der Waals surface area contributed by atoms with Crippen LogP contribution in [0.2, 0.25) is 0 Å². The number of benzene rings is 1. The first-order valence-corrected chi connectivity index (χ1v) is 8.53. The smallest absolute Gasteiger partial charge is 0.370 e. The van der Waals surface area contributed by atoms with Crippen LogP contribution >= 0.6 is 0 Å². The lowest BCUT2D eigenvalue weighted by Crippen LogP contribution is -2.60. The highest BCUT2D eigenvalue weighted by molar-refractivity contribution is 6.75. The van der Waals surface area contributed by atoms with E-state index in [-0.39, 0.29) is 19.8 Å². The standard InChI is InChI=1S/C14H18F4O3Si/c1-5-9-10(15)12(17)14(13(18)11(9)16)22(19-6-2,20-7-3)21-8-4/h5H,1,6-8H2,2-4H3. The van der Waals surface area contributed by atoms with E-state index in [0.717, 1.165) is 0 Å². The van der Waals surface area contributed by atoms with Crippen molar-refractivity contribution >= 4 is 20.1 Å². The van der Waals surface area contributed by atoms with Crippen LogP contribution in [0.4, 0.5) is 17.6 Å². The first-order chi connectivity index (χ1) is 10.4. The fourth-order valence-corrected chi connectivity index (χ4v) is 4.59. The van der Waals surface area contributed by atoms with E-state index >= 15 is 0 Å². The summed E-state index contributed by atoms with van der Waals surface area (Å²) in [5.74, 6) is -6.29. The number of hydrogen-bond acceptors (Lipinski definition) is 3. The van der Waals surface area contributed by atoms with Gasteiger partial charge in [-0.05, 0) is 20.8 Å². The van der Waals surface area contributed by atoms with Gasteiger partial charge in [-0.1, -0.05) is 12.7 Å². The Morgan fingerprint density at radius 1 is 0.818 bits per heavy atom. The van der Waals surface area contributed by atoms with Crippen molar-refractivity contribution in [2.24, 2.45) is 0 Å². The monoisotopic (exact) mass is 338 g/mol. The zero-order valence-electron chi connectivity index (χ0n) is 12.6. The van der Waals surface area contributed by atoms with E-state index in [4.69, 9.17) is 13.3 Å². The van der Waals surface area contributed by atoms with Gasteiger partial charge in [0.05, 0.1) is 10.8 Å². The number of halogens is 4. The maximum Gasteiger partial charge on any atom is 0.543 e. The van der Waals surface area contributed by atoms with Crippen LogP contribution in [0.3, 0.4) is 0 Å². The lowest BCUT2D eigenvalue weighted by atomic mass is 10.2. The summed E-state index contributed by atoms with van der Waals surface area (Å²) in [6, 6.07) is 0. The van der Waals surface area contributed by atoms with E-state index < -0.39 is 42.8 Å². The highest BCUT2D eigenvalue weighted by Crippen LogP contribution is 2.23. The minimum absolute atomic E-state index is 0.00243. The van der Waals surface area contributed by atoms with Crippen LogP contribution in [-0.2, 0) is 13.3 Å². The molecule has 0 aliphatic heterocycles. The summed E-state index contributed by atoms with van der Waals surface area (Å²) in [6.07, 6.45) is 0.700. The minimum Gasteiger partial charge on any atom is -0.370 e. The maximum absolute atomic E-state index is 14.3. The molecule has 0 bridgehead atoms. The Morgan fingerprint density at radius 3 is 1.45 bits per heavy atom. The van der Waals surface area contributed by atoms with E-state index in [1.165, 1.54) is 0 Å². The molecule has 1 rings (SSSR count). The lowest BCUT2D eigenvalue weighted by molar-refractivity contribution is 0.0840. The van der Waals surface area contributed by atoms with Crippen molar-refractivity contribution in [3.63, 3.8) is 0 Å². The highest BCUT2D eigenvalue weighted by Gasteiger charge is 2.50. The number of hydrogen-bond donors (Lipinski definition) is 0. The molecule has 0 aliphatic carbocycles. The van der Waals surface area contributed by atoms with Gasteiger partial charge in [0.25, 0.3) is 0 Å². The van der Waals surface area contributed by atoms with Crippen molar-refractivity contribution in [2.45, 2.75) is 20.8 Å². The molecule has 22 heavy (non-hydrogen) atoms. The van der Waals surface area contributed by atoms with Gasteiger partial charge in [0.2, 0.25) is 0 Å². The average Bonchev–Trinajstić information content (AvgIpc) is 2.47. The highest BCUT2D eigenvalue weighted by atomic mass is 28.4. The molecule has 0 atom stereocenters. The molecule has 1 aromatic carbocycles. The molecule has 0 saturated carbocycles. The van der Waals surface area contributed by atoms with Crippen LogP contribution in [0.25, 0.3) is 6.08 Å². The summed E-state index contributed by atoms with van der Waals surface area (Å²) < 4.78 is 72.4. The molecular formula is C14H18F4O3Si. The van der Waals surface area contributed by atoms with Crippen LogP contribution < -0.4 is 5.19 Å². The van der Waals surface area contributed by atoms with Crippen molar-refractivity contribution in [3.8, 4) is 0 Å². The largest absolute Gasteiger partial charge is 0.543 e. The minimum atomic E-state index is -4.12. The molecule has 0 aromatic heterocycles. The lowest BCUT2D eigenvalue weighted by Gasteiger charge is -2.29. The van der Waals surface area contributed by atoms with Gasteiger partial charge in [-0.3, -0.25) is 0 Å².